The van der Waals surface area contributed by atoms with Gasteiger partial charge < -0.3 is 14.8 Å². The number of anilines is 1. The second kappa shape index (κ2) is 6.59. The maximum Gasteiger partial charge on any atom is 0.162 e. The Morgan fingerprint density at radius 1 is 1.00 bits per heavy atom. The molecule has 0 radical (unpaired) electrons. The van der Waals surface area contributed by atoms with Crippen molar-refractivity contribution in [3.63, 3.8) is 0 Å². The highest BCUT2D eigenvalue weighted by Crippen LogP contribution is 2.38. The van der Waals surface area contributed by atoms with Crippen molar-refractivity contribution >= 4 is 5.69 Å². The third-order valence-corrected chi connectivity index (χ3v) is 5.09. The Bertz CT molecular complexity index is 480. The molecular formula is C18H27NO2. The van der Waals surface area contributed by atoms with Crippen molar-refractivity contribution in [1.82, 2.24) is 0 Å². The Hall–Kier alpha value is -1.38. The monoisotopic (exact) mass is 289 g/mol. The molecule has 0 spiro atoms. The van der Waals surface area contributed by atoms with E-state index in [2.05, 4.69) is 17.4 Å². The summed E-state index contributed by atoms with van der Waals surface area (Å²) in [6, 6.07) is 4.22. The molecule has 1 aromatic carbocycles. The minimum atomic E-state index is 0.763. The van der Waals surface area contributed by atoms with Crippen molar-refractivity contribution in [3.05, 3.63) is 17.7 Å². The molecule has 1 fully saturated rings. The molecule has 21 heavy (non-hydrogen) atoms. The largest absolute Gasteiger partial charge is 0.493 e. The first-order chi connectivity index (χ1) is 10.3. The molecule has 116 valence electrons. The van der Waals surface area contributed by atoms with Gasteiger partial charge in [0.2, 0.25) is 0 Å². The molecule has 0 saturated heterocycles. The van der Waals surface area contributed by atoms with E-state index in [0.29, 0.717) is 0 Å². The molecular weight excluding hydrogens is 262 g/mol. The first kappa shape index (κ1) is 14.6. The maximum absolute atomic E-state index is 5.43. The summed E-state index contributed by atoms with van der Waals surface area (Å²) in [6.45, 7) is 1.10. The Morgan fingerprint density at radius 3 is 2.43 bits per heavy atom. The number of hydrogen-bond donors (Lipinski definition) is 1. The van der Waals surface area contributed by atoms with Crippen molar-refractivity contribution in [1.29, 1.82) is 0 Å². The number of nitrogens with one attached hydrogen (secondary N) is 1. The first-order valence-corrected chi connectivity index (χ1v) is 8.29. The van der Waals surface area contributed by atoms with E-state index in [0.717, 1.165) is 29.9 Å². The van der Waals surface area contributed by atoms with Gasteiger partial charge in [-0.05, 0) is 36.3 Å². The number of benzene rings is 1. The molecule has 1 atom stereocenters. The van der Waals surface area contributed by atoms with Crippen LogP contribution in [0.3, 0.4) is 0 Å². The predicted molar refractivity (Wildman–Crippen MR) is 86.4 cm³/mol. The average Bonchev–Trinajstić information content (AvgIpc) is 2.54. The SMILES string of the molecule is COc1cc2c(cc1OC)NCC(CC1CCCCC1)C2. The van der Waals surface area contributed by atoms with Crippen LogP contribution in [0.25, 0.3) is 0 Å². The molecule has 1 aliphatic heterocycles. The van der Waals surface area contributed by atoms with E-state index in [4.69, 9.17) is 9.47 Å². The molecule has 1 heterocycles. The zero-order valence-electron chi connectivity index (χ0n) is 13.3. The van der Waals surface area contributed by atoms with Gasteiger partial charge in [-0.1, -0.05) is 32.1 Å². The minimum absolute atomic E-state index is 0.763. The number of methoxy groups -OCH3 is 2. The molecule has 3 rings (SSSR count). The zero-order chi connectivity index (χ0) is 14.7. The van der Waals surface area contributed by atoms with Gasteiger partial charge in [-0.25, -0.2) is 0 Å². The third kappa shape index (κ3) is 3.28. The fourth-order valence-electron chi connectivity index (χ4n) is 3.95. The van der Waals surface area contributed by atoms with Crippen LogP contribution in [-0.2, 0) is 6.42 Å². The molecule has 1 unspecified atom stereocenters. The second-order valence-electron chi connectivity index (χ2n) is 6.56. The molecule has 0 amide bonds. The lowest BCUT2D eigenvalue weighted by Gasteiger charge is -2.31. The summed E-state index contributed by atoms with van der Waals surface area (Å²) < 4.78 is 10.8. The molecule has 1 aliphatic carbocycles. The van der Waals surface area contributed by atoms with E-state index in [1.807, 2.05) is 0 Å². The molecule has 1 saturated carbocycles. The summed E-state index contributed by atoms with van der Waals surface area (Å²) in [5, 5.41) is 3.59. The van der Waals surface area contributed by atoms with Crippen LogP contribution in [-0.4, -0.2) is 20.8 Å². The standard InChI is InChI=1S/C18H27NO2/c1-20-17-10-15-9-14(8-13-6-4-3-5-7-13)12-19-16(15)11-18(17)21-2/h10-11,13-14,19H,3-9,12H2,1-2H3. The van der Waals surface area contributed by atoms with E-state index in [-0.39, 0.29) is 0 Å². The number of hydrogen-bond acceptors (Lipinski definition) is 3. The summed E-state index contributed by atoms with van der Waals surface area (Å²) >= 11 is 0. The molecule has 1 N–H and O–H groups in total. The number of fused-ring (bicyclic) bond motifs is 1. The molecule has 3 heteroatoms. The van der Waals surface area contributed by atoms with Crippen LogP contribution >= 0.6 is 0 Å². The maximum atomic E-state index is 5.43. The van der Waals surface area contributed by atoms with Gasteiger partial charge in [-0.2, -0.15) is 0 Å². The van der Waals surface area contributed by atoms with E-state index < -0.39 is 0 Å². The third-order valence-electron chi connectivity index (χ3n) is 5.09. The topological polar surface area (TPSA) is 30.5 Å². The second-order valence-corrected chi connectivity index (χ2v) is 6.56. The minimum Gasteiger partial charge on any atom is -0.493 e. The van der Waals surface area contributed by atoms with Gasteiger partial charge in [0.1, 0.15) is 0 Å². The summed E-state index contributed by atoms with van der Waals surface area (Å²) in [7, 11) is 3.40. The van der Waals surface area contributed by atoms with E-state index in [1.54, 1.807) is 14.2 Å². The highest BCUT2D eigenvalue weighted by Gasteiger charge is 2.24. The lowest BCUT2D eigenvalue weighted by Crippen LogP contribution is -2.26. The fourth-order valence-corrected chi connectivity index (χ4v) is 3.95. The van der Waals surface area contributed by atoms with Crippen LogP contribution in [0.15, 0.2) is 12.1 Å². The van der Waals surface area contributed by atoms with Crippen molar-refractivity contribution in [2.45, 2.75) is 44.9 Å². The van der Waals surface area contributed by atoms with Crippen LogP contribution in [0.2, 0.25) is 0 Å². The summed E-state index contributed by atoms with van der Waals surface area (Å²) in [5.74, 6) is 3.37. The van der Waals surface area contributed by atoms with Crippen LogP contribution in [0, 0.1) is 11.8 Å². The van der Waals surface area contributed by atoms with E-state index in [9.17, 15) is 0 Å². The molecule has 0 bridgehead atoms. The smallest absolute Gasteiger partial charge is 0.162 e. The van der Waals surface area contributed by atoms with Crippen molar-refractivity contribution in [2.75, 3.05) is 26.1 Å². The normalized spacial score (nSPS) is 22.3. The number of rotatable bonds is 4. The molecule has 3 nitrogen and oxygen atoms in total. The Labute approximate surface area is 128 Å². The quantitative estimate of drug-likeness (QED) is 0.898. The van der Waals surface area contributed by atoms with E-state index in [1.165, 1.54) is 56.2 Å². The lowest BCUT2D eigenvalue weighted by atomic mass is 9.80. The van der Waals surface area contributed by atoms with Gasteiger partial charge in [0.25, 0.3) is 0 Å². The Balaban J connectivity index is 1.69. The highest BCUT2D eigenvalue weighted by molar-refractivity contribution is 5.62. The summed E-state index contributed by atoms with van der Waals surface area (Å²) in [5.41, 5.74) is 2.59. The fraction of sp³-hybridized carbons (Fsp3) is 0.667. The molecule has 2 aliphatic rings. The molecule has 1 aromatic rings. The van der Waals surface area contributed by atoms with Gasteiger partial charge in [-0.3, -0.25) is 0 Å². The van der Waals surface area contributed by atoms with Gasteiger partial charge in [-0.15, -0.1) is 0 Å². The van der Waals surface area contributed by atoms with E-state index >= 15 is 0 Å². The van der Waals surface area contributed by atoms with Crippen molar-refractivity contribution in [3.8, 4) is 11.5 Å². The van der Waals surface area contributed by atoms with Gasteiger partial charge in [0.05, 0.1) is 14.2 Å². The highest BCUT2D eigenvalue weighted by atomic mass is 16.5. The lowest BCUT2D eigenvalue weighted by molar-refractivity contribution is 0.289. The van der Waals surface area contributed by atoms with Gasteiger partial charge >= 0.3 is 0 Å². The average molecular weight is 289 g/mol. The molecule has 0 aromatic heterocycles. The van der Waals surface area contributed by atoms with Gasteiger partial charge in [0, 0.05) is 18.3 Å². The predicted octanol–water partition coefficient (Wildman–Crippen LogP) is 4.26. The van der Waals surface area contributed by atoms with Crippen LogP contribution in [0.5, 0.6) is 11.5 Å². The van der Waals surface area contributed by atoms with Crippen LogP contribution in [0.1, 0.15) is 44.1 Å². The van der Waals surface area contributed by atoms with Crippen molar-refractivity contribution < 1.29 is 9.47 Å². The number of ether oxygens (including phenoxy) is 2. The van der Waals surface area contributed by atoms with Crippen molar-refractivity contribution in [2.24, 2.45) is 11.8 Å². The Morgan fingerprint density at radius 2 is 1.71 bits per heavy atom. The summed E-state index contributed by atoms with van der Waals surface area (Å²) in [6.07, 6.45) is 9.74. The zero-order valence-corrected chi connectivity index (χ0v) is 13.3. The van der Waals surface area contributed by atoms with Gasteiger partial charge in [0.15, 0.2) is 11.5 Å². The van der Waals surface area contributed by atoms with Crippen LogP contribution < -0.4 is 14.8 Å². The summed E-state index contributed by atoms with van der Waals surface area (Å²) in [4.78, 5) is 0. The first-order valence-electron chi connectivity index (χ1n) is 8.29. The Kier molecular flexibility index (Phi) is 4.57. The van der Waals surface area contributed by atoms with Crippen LogP contribution in [0.4, 0.5) is 5.69 Å².